The second-order valence-corrected chi connectivity index (χ2v) is 6.81. The first kappa shape index (κ1) is 15.9. The monoisotopic (exact) mass is 314 g/mol. The number of aromatic carboxylic acids is 1. The maximum atomic E-state index is 12.5. The highest BCUT2D eigenvalue weighted by atomic mass is 32.2. The van der Waals surface area contributed by atoms with E-state index in [1.807, 2.05) is 0 Å². The van der Waals surface area contributed by atoms with Gasteiger partial charge < -0.3 is 10.2 Å². The number of carbonyl (C=O) groups is 1. The molecule has 1 aromatic rings. The van der Waals surface area contributed by atoms with Crippen LogP contribution in [0, 0.1) is 0 Å². The zero-order valence-corrected chi connectivity index (χ0v) is 12.3. The normalized spacial score (nSPS) is 19.8. The van der Waals surface area contributed by atoms with Crippen LogP contribution in [0.3, 0.4) is 0 Å². The van der Waals surface area contributed by atoms with Crippen molar-refractivity contribution in [2.24, 2.45) is 0 Å². The second-order valence-electron chi connectivity index (χ2n) is 4.97. The summed E-state index contributed by atoms with van der Waals surface area (Å²) in [6, 6.07) is 2.34. The van der Waals surface area contributed by atoms with E-state index in [-0.39, 0.29) is 23.2 Å². The minimum atomic E-state index is -3.71. The molecule has 2 N–H and O–H groups in total. The molecular weight excluding hydrogens is 296 g/mol. The van der Waals surface area contributed by atoms with Gasteiger partial charge in [0.05, 0.1) is 5.56 Å². The van der Waals surface area contributed by atoms with Crippen molar-refractivity contribution in [1.29, 1.82) is 0 Å². The number of nitrogens with zero attached hydrogens (tertiary/aromatic N) is 2. The van der Waals surface area contributed by atoms with Crippen LogP contribution in [-0.4, -0.2) is 53.1 Å². The fraction of sp³-hybridized carbons (Fsp3) is 0.538. The number of sulfonamides is 1. The lowest BCUT2D eigenvalue weighted by Gasteiger charge is -2.23. The van der Waals surface area contributed by atoms with Gasteiger partial charge in [0.1, 0.15) is 0 Å². The van der Waals surface area contributed by atoms with Crippen molar-refractivity contribution in [2.45, 2.75) is 36.8 Å². The Kier molecular flexibility index (Phi) is 4.92. The molecule has 0 radical (unpaired) electrons. The third-order valence-electron chi connectivity index (χ3n) is 3.57. The molecule has 1 aliphatic heterocycles. The number of hydrogen-bond acceptors (Lipinski definition) is 5. The SMILES string of the molecule is O=C(O)c1ccc(S(=O)(=O)N2CCCC2CCCO)nc1. The molecular formula is C13H18N2O5S. The molecule has 0 amide bonds. The van der Waals surface area contributed by atoms with Gasteiger partial charge in [-0.15, -0.1) is 0 Å². The molecule has 2 rings (SSSR count). The Labute approximate surface area is 123 Å². The van der Waals surface area contributed by atoms with Gasteiger partial charge in [-0.05, 0) is 37.8 Å². The van der Waals surface area contributed by atoms with E-state index >= 15 is 0 Å². The number of aliphatic hydroxyl groups is 1. The van der Waals surface area contributed by atoms with Crippen LogP contribution in [0.2, 0.25) is 0 Å². The average molecular weight is 314 g/mol. The first-order valence-corrected chi connectivity index (χ1v) is 8.23. The van der Waals surface area contributed by atoms with Gasteiger partial charge in [-0.3, -0.25) is 0 Å². The summed E-state index contributed by atoms with van der Waals surface area (Å²) in [4.78, 5) is 14.5. The van der Waals surface area contributed by atoms with Gasteiger partial charge in [-0.25, -0.2) is 18.2 Å². The fourth-order valence-corrected chi connectivity index (χ4v) is 4.16. The summed E-state index contributed by atoms with van der Waals surface area (Å²) in [5, 5.41) is 17.5. The van der Waals surface area contributed by atoms with E-state index in [2.05, 4.69) is 4.98 Å². The predicted molar refractivity (Wildman–Crippen MR) is 74.4 cm³/mol. The summed E-state index contributed by atoms with van der Waals surface area (Å²) in [6.45, 7) is 0.469. The van der Waals surface area contributed by atoms with Crippen molar-refractivity contribution in [1.82, 2.24) is 9.29 Å². The van der Waals surface area contributed by atoms with Crippen LogP contribution in [0.15, 0.2) is 23.4 Å². The molecule has 2 heterocycles. The second kappa shape index (κ2) is 6.50. The van der Waals surface area contributed by atoms with E-state index < -0.39 is 16.0 Å². The molecule has 0 spiro atoms. The number of aromatic nitrogens is 1. The van der Waals surface area contributed by atoms with Crippen molar-refractivity contribution in [2.75, 3.05) is 13.2 Å². The van der Waals surface area contributed by atoms with Crippen LogP contribution < -0.4 is 0 Å². The van der Waals surface area contributed by atoms with Crippen molar-refractivity contribution in [3.63, 3.8) is 0 Å². The Morgan fingerprint density at radius 2 is 2.19 bits per heavy atom. The molecule has 8 heteroatoms. The van der Waals surface area contributed by atoms with Gasteiger partial charge in [0.15, 0.2) is 5.03 Å². The van der Waals surface area contributed by atoms with E-state index in [4.69, 9.17) is 10.2 Å². The largest absolute Gasteiger partial charge is 0.478 e. The predicted octanol–water partition coefficient (Wildman–Crippen LogP) is 0.705. The van der Waals surface area contributed by atoms with Crippen LogP contribution >= 0.6 is 0 Å². The Morgan fingerprint density at radius 1 is 1.43 bits per heavy atom. The molecule has 1 saturated heterocycles. The summed E-state index contributed by atoms with van der Waals surface area (Å²) < 4.78 is 26.5. The van der Waals surface area contributed by atoms with Crippen LogP contribution in [0.5, 0.6) is 0 Å². The third kappa shape index (κ3) is 3.39. The zero-order chi connectivity index (χ0) is 15.5. The summed E-state index contributed by atoms with van der Waals surface area (Å²) in [7, 11) is -3.71. The molecule has 0 bridgehead atoms. The van der Waals surface area contributed by atoms with Gasteiger partial charge in [-0.1, -0.05) is 0 Å². The number of aliphatic hydroxyl groups excluding tert-OH is 1. The molecule has 1 aromatic heterocycles. The van der Waals surface area contributed by atoms with Gasteiger partial charge in [0.25, 0.3) is 10.0 Å². The number of pyridine rings is 1. The Balaban J connectivity index is 2.22. The summed E-state index contributed by atoms with van der Waals surface area (Å²) in [6.07, 6.45) is 3.77. The average Bonchev–Trinajstić information content (AvgIpc) is 2.94. The summed E-state index contributed by atoms with van der Waals surface area (Å²) >= 11 is 0. The zero-order valence-electron chi connectivity index (χ0n) is 11.5. The Bertz CT molecular complexity index is 599. The highest BCUT2D eigenvalue weighted by molar-refractivity contribution is 7.89. The van der Waals surface area contributed by atoms with Crippen molar-refractivity contribution >= 4 is 16.0 Å². The molecule has 1 unspecified atom stereocenters. The lowest BCUT2D eigenvalue weighted by atomic mass is 10.1. The maximum absolute atomic E-state index is 12.5. The minimum absolute atomic E-state index is 0.0376. The molecule has 0 aliphatic carbocycles. The standard InChI is InChI=1S/C13H18N2O5S/c16-8-2-4-11-3-1-7-15(11)21(19,20)12-6-5-10(9-14-12)13(17)18/h5-6,9,11,16H,1-4,7-8H2,(H,17,18). The quantitative estimate of drug-likeness (QED) is 0.800. The number of hydrogen-bond donors (Lipinski definition) is 2. The van der Waals surface area contributed by atoms with Crippen LogP contribution in [-0.2, 0) is 10.0 Å². The summed E-state index contributed by atoms with van der Waals surface area (Å²) in [5.74, 6) is -1.14. The third-order valence-corrected chi connectivity index (χ3v) is 5.44. The number of carboxylic acid groups (broad SMARTS) is 1. The topological polar surface area (TPSA) is 108 Å². The molecule has 1 atom stereocenters. The van der Waals surface area contributed by atoms with Gasteiger partial charge in [0.2, 0.25) is 0 Å². The van der Waals surface area contributed by atoms with Crippen LogP contribution in [0.1, 0.15) is 36.0 Å². The van der Waals surface area contributed by atoms with Crippen LogP contribution in [0.25, 0.3) is 0 Å². The molecule has 1 fully saturated rings. The summed E-state index contributed by atoms with van der Waals surface area (Å²) in [5.41, 5.74) is -0.0489. The highest BCUT2D eigenvalue weighted by Gasteiger charge is 2.35. The number of rotatable bonds is 6. The maximum Gasteiger partial charge on any atom is 0.337 e. The van der Waals surface area contributed by atoms with E-state index in [1.165, 1.54) is 16.4 Å². The molecule has 0 aromatic carbocycles. The van der Waals surface area contributed by atoms with Gasteiger partial charge in [-0.2, -0.15) is 4.31 Å². The number of carboxylic acids is 1. The van der Waals surface area contributed by atoms with E-state index in [0.29, 0.717) is 19.4 Å². The van der Waals surface area contributed by atoms with Crippen molar-refractivity contribution in [3.05, 3.63) is 23.9 Å². The van der Waals surface area contributed by atoms with Gasteiger partial charge >= 0.3 is 5.97 Å². The van der Waals surface area contributed by atoms with Crippen molar-refractivity contribution < 1.29 is 23.4 Å². The lowest BCUT2D eigenvalue weighted by Crippen LogP contribution is -2.36. The smallest absolute Gasteiger partial charge is 0.337 e. The van der Waals surface area contributed by atoms with Gasteiger partial charge in [0, 0.05) is 25.4 Å². The van der Waals surface area contributed by atoms with E-state index in [0.717, 1.165) is 19.0 Å². The van der Waals surface area contributed by atoms with Crippen molar-refractivity contribution in [3.8, 4) is 0 Å². The minimum Gasteiger partial charge on any atom is -0.478 e. The Morgan fingerprint density at radius 3 is 2.76 bits per heavy atom. The fourth-order valence-electron chi connectivity index (χ4n) is 2.52. The first-order chi connectivity index (χ1) is 9.96. The lowest BCUT2D eigenvalue weighted by molar-refractivity contribution is 0.0696. The van der Waals surface area contributed by atoms with E-state index in [1.54, 1.807) is 0 Å². The highest BCUT2D eigenvalue weighted by Crippen LogP contribution is 2.27. The van der Waals surface area contributed by atoms with E-state index in [9.17, 15) is 13.2 Å². The molecule has 21 heavy (non-hydrogen) atoms. The molecule has 1 aliphatic rings. The molecule has 116 valence electrons. The molecule has 0 saturated carbocycles. The molecule has 7 nitrogen and oxygen atoms in total. The van der Waals surface area contributed by atoms with Crippen LogP contribution in [0.4, 0.5) is 0 Å². The first-order valence-electron chi connectivity index (χ1n) is 6.79. The Hall–Kier alpha value is -1.51.